The van der Waals surface area contributed by atoms with Crippen molar-refractivity contribution in [1.82, 2.24) is 9.80 Å². The number of esters is 1. The zero-order chi connectivity index (χ0) is 28.6. The highest BCUT2D eigenvalue weighted by Crippen LogP contribution is 2.62. The number of fused-ring (bicyclic) bond motifs is 2. The minimum absolute atomic E-state index is 0.0245. The second-order valence-corrected chi connectivity index (χ2v) is 13.5. The van der Waals surface area contributed by atoms with E-state index < -0.39 is 5.92 Å². The van der Waals surface area contributed by atoms with E-state index in [4.69, 9.17) is 18.9 Å². The van der Waals surface area contributed by atoms with Gasteiger partial charge in [-0.25, -0.2) is 0 Å². The number of rotatable bonds is 7. The van der Waals surface area contributed by atoms with E-state index in [1.54, 1.807) is 7.11 Å². The van der Waals surface area contributed by atoms with Crippen LogP contribution in [0.4, 0.5) is 0 Å². The molecule has 0 saturated carbocycles. The number of likely N-dealkylation sites (N-methyl/N-ethyl adjacent to an activating group) is 1. The summed E-state index contributed by atoms with van der Waals surface area (Å²) in [7, 11) is 6.18. The molecule has 6 aliphatic rings. The van der Waals surface area contributed by atoms with E-state index in [9.17, 15) is 4.79 Å². The number of likely N-dealkylation sites (tertiary alicyclic amines) is 1. The molecule has 2 aromatic carbocycles. The van der Waals surface area contributed by atoms with Gasteiger partial charge in [0.05, 0.1) is 13.7 Å². The maximum atomic E-state index is 13.8. The Labute approximate surface area is 248 Å². The molecule has 0 amide bonds. The van der Waals surface area contributed by atoms with E-state index in [0.717, 1.165) is 49.3 Å². The zero-order valence-electron chi connectivity index (χ0n) is 24.9. The maximum absolute atomic E-state index is 13.8. The van der Waals surface area contributed by atoms with Crippen LogP contribution in [0.1, 0.15) is 54.7 Å². The van der Waals surface area contributed by atoms with Crippen LogP contribution in [0.25, 0.3) is 0 Å². The summed E-state index contributed by atoms with van der Waals surface area (Å²) >= 11 is 0. The predicted octanol–water partition coefficient (Wildman–Crippen LogP) is 4.48. The van der Waals surface area contributed by atoms with Crippen LogP contribution in [0, 0.1) is 5.92 Å². The quantitative estimate of drug-likeness (QED) is 0.360. The SMILES string of the molecule is COc1ccc2c3c1O[C@H]1[C@@H](OCC(C(=O)O[C@H]4C[C@H]5CC[C@@H](C4)N5C)c4ccccc4)C=C[C@H]4[C@@H](C2)N(C)CC[C@@]341. The minimum atomic E-state index is -0.488. The number of nitrogens with zero attached hydrogens (tertiary/aromatic N) is 2. The molecule has 3 fully saturated rings. The van der Waals surface area contributed by atoms with E-state index in [-0.39, 0.29) is 36.3 Å². The molecule has 0 N–H and O–H groups in total. The van der Waals surface area contributed by atoms with Crippen molar-refractivity contribution in [3.8, 4) is 11.5 Å². The molecule has 7 heteroatoms. The van der Waals surface area contributed by atoms with E-state index in [0.29, 0.717) is 24.0 Å². The first kappa shape index (κ1) is 26.7. The molecule has 4 aliphatic heterocycles. The fourth-order valence-electron chi connectivity index (χ4n) is 9.41. The third-order valence-corrected chi connectivity index (χ3v) is 11.6. The molecule has 3 saturated heterocycles. The number of carbonyl (C=O) groups excluding carboxylic acids is 1. The maximum Gasteiger partial charge on any atom is 0.316 e. The lowest BCUT2D eigenvalue weighted by molar-refractivity contribution is -0.157. The summed E-state index contributed by atoms with van der Waals surface area (Å²) < 4.78 is 25.7. The molecule has 4 bridgehead atoms. The van der Waals surface area contributed by atoms with Gasteiger partial charge in [-0.05, 0) is 76.4 Å². The van der Waals surface area contributed by atoms with Gasteiger partial charge < -0.3 is 28.7 Å². The Morgan fingerprint density at radius 1 is 1.07 bits per heavy atom. The molecule has 1 unspecified atom stereocenters. The first-order valence-electron chi connectivity index (χ1n) is 15.8. The summed E-state index contributed by atoms with van der Waals surface area (Å²) in [5, 5.41) is 0. The Kier molecular flexibility index (Phi) is 6.43. The lowest BCUT2D eigenvalue weighted by atomic mass is 9.53. The van der Waals surface area contributed by atoms with Crippen LogP contribution >= 0.6 is 0 Å². The van der Waals surface area contributed by atoms with Gasteiger partial charge in [-0.2, -0.15) is 0 Å². The summed E-state index contributed by atoms with van der Waals surface area (Å²) in [4.78, 5) is 18.8. The molecular weight excluding hydrogens is 528 g/mol. The summed E-state index contributed by atoms with van der Waals surface area (Å²) in [6.45, 7) is 1.27. The Morgan fingerprint density at radius 3 is 2.62 bits per heavy atom. The molecule has 2 aromatic rings. The molecule has 0 aromatic heterocycles. The van der Waals surface area contributed by atoms with Crippen molar-refractivity contribution < 1.29 is 23.7 Å². The van der Waals surface area contributed by atoms with Crippen LogP contribution < -0.4 is 9.47 Å². The monoisotopic (exact) mass is 570 g/mol. The molecule has 0 radical (unpaired) electrons. The Morgan fingerprint density at radius 2 is 1.86 bits per heavy atom. The van der Waals surface area contributed by atoms with Crippen LogP contribution in [0.15, 0.2) is 54.6 Å². The van der Waals surface area contributed by atoms with Gasteiger partial charge in [-0.1, -0.05) is 48.6 Å². The standard InChI is InChI=1S/C35H42N2O5/c1-36-16-15-35-27-12-14-30(33(35)42-32-29(39-3)13-9-22(31(32)35)17-28(27)36)40-20-26(21-7-5-4-6-8-21)34(38)41-25-18-23-10-11-24(19-25)37(23)2/h4-9,12-14,23-28,30,33H,10-11,15-20H2,1-3H3/t23-,24+,25+,26?,27-,28+,30-,33-,35-/m0/s1. The molecule has 222 valence electrons. The number of benzene rings is 2. The van der Waals surface area contributed by atoms with Gasteiger partial charge in [0.1, 0.15) is 24.2 Å². The topological polar surface area (TPSA) is 60.5 Å². The second-order valence-electron chi connectivity index (χ2n) is 13.5. The number of methoxy groups -OCH3 is 1. The van der Waals surface area contributed by atoms with Crippen molar-refractivity contribution in [1.29, 1.82) is 0 Å². The van der Waals surface area contributed by atoms with Crippen molar-refractivity contribution in [2.24, 2.45) is 5.92 Å². The minimum Gasteiger partial charge on any atom is -0.493 e. The fourth-order valence-corrected chi connectivity index (χ4v) is 9.41. The highest BCUT2D eigenvalue weighted by atomic mass is 16.6. The van der Waals surface area contributed by atoms with Crippen LogP contribution in [0.2, 0.25) is 0 Å². The van der Waals surface area contributed by atoms with Crippen LogP contribution in [0.3, 0.4) is 0 Å². The lowest BCUT2D eigenvalue weighted by Crippen LogP contribution is -2.65. The van der Waals surface area contributed by atoms with Gasteiger partial charge in [0, 0.05) is 35.0 Å². The van der Waals surface area contributed by atoms with Crippen molar-refractivity contribution in [3.05, 3.63) is 71.3 Å². The molecule has 2 aliphatic carbocycles. The normalized spacial score (nSPS) is 36.7. The summed E-state index contributed by atoms with van der Waals surface area (Å²) in [6, 6.07) is 15.7. The van der Waals surface area contributed by atoms with E-state index in [2.05, 4.69) is 48.2 Å². The van der Waals surface area contributed by atoms with E-state index in [1.165, 1.54) is 24.0 Å². The third kappa shape index (κ3) is 3.92. The first-order valence-corrected chi connectivity index (χ1v) is 15.8. The molecule has 42 heavy (non-hydrogen) atoms. The largest absolute Gasteiger partial charge is 0.493 e. The van der Waals surface area contributed by atoms with Crippen LogP contribution in [-0.4, -0.2) is 86.6 Å². The van der Waals surface area contributed by atoms with Gasteiger partial charge in [0.2, 0.25) is 0 Å². The van der Waals surface area contributed by atoms with Gasteiger partial charge in [-0.15, -0.1) is 0 Å². The Hall–Kier alpha value is -2.87. The van der Waals surface area contributed by atoms with Crippen molar-refractivity contribution >= 4 is 5.97 Å². The van der Waals surface area contributed by atoms with Gasteiger partial charge in [0.25, 0.3) is 0 Å². The second kappa shape index (κ2) is 10.1. The summed E-state index contributed by atoms with van der Waals surface area (Å²) in [5.74, 6) is 1.38. The van der Waals surface area contributed by atoms with Crippen molar-refractivity contribution in [3.63, 3.8) is 0 Å². The van der Waals surface area contributed by atoms with E-state index >= 15 is 0 Å². The van der Waals surface area contributed by atoms with E-state index in [1.807, 2.05) is 30.3 Å². The first-order chi connectivity index (χ1) is 20.5. The van der Waals surface area contributed by atoms with Crippen LogP contribution in [0.5, 0.6) is 11.5 Å². The average molecular weight is 571 g/mol. The number of hydrogen-bond donors (Lipinski definition) is 0. The number of carbonyl (C=O) groups is 1. The predicted molar refractivity (Wildman–Crippen MR) is 159 cm³/mol. The fraction of sp³-hybridized carbons (Fsp3) is 0.571. The van der Waals surface area contributed by atoms with Crippen molar-refractivity contribution in [2.45, 2.75) is 86.3 Å². The number of piperidine rings is 2. The van der Waals surface area contributed by atoms with Gasteiger partial charge in [0.15, 0.2) is 11.5 Å². The third-order valence-electron chi connectivity index (χ3n) is 11.6. The molecule has 4 heterocycles. The average Bonchev–Trinajstić information content (AvgIpc) is 3.44. The summed E-state index contributed by atoms with van der Waals surface area (Å²) in [6.07, 6.45) is 10.4. The highest BCUT2D eigenvalue weighted by molar-refractivity contribution is 5.78. The summed E-state index contributed by atoms with van der Waals surface area (Å²) in [5.41, 5.74) is 3.48. The Bertz CT molecular complexity index is 1380. The van der Waals surface area contributed by atoms with Crippen LogP contribution in [-0.2, 0) is 26.1 Å². The van der Waals surface area contributed by atoms with Gasteiger partial charge >= 0.3 is 5.97 Å². The number of ether oxygens (including phenoxy) is 4. The lowest BCUT2D eigenvalue weighted by Gasteiger charge is -2.56. The molecule has 8 rings (SSSR count). The molecule has 9 atom stereocenters. The smallest absolute Gasteiger partial charge is 0.316 e. The zero-order valence-corrected chi connectivity index (χ0v) is 24.9. The molecule has 7 nitrogen and oxygen atoms in total. The number of hydrogen-bond acceptors (Lipinski definition) is 7. The molecular formula is C35H42N2O5. The Balaban J connectivity index is 1.07. The highest BCUT2D eigenvalue weighted by Gasteiger charge is 2.64. The van der Waals surface area contributed by atoms with Crippen molar-refractivity contribution in [2.75, 3.05) is 34.4 Å². The van der Waals surface area contributed by atoms with Gasteiger partial charge in [-0.3, -0.25) is 4.79 Å². The molecule has 1 spiro atoms.